The Hall–Kier alpha value is -3.60. The van der Waals surface area contributed by atoms with Gasteiger partial charge in [-0.25, -0.2) is 4.79 Å². The average Bonchev–Trinajstić information content (AvgIpc) is 3.11. The Labute approximate surface area is 194 Å². The highest BCUT2D eigenvalue weighted by atomic mass is 16.5. The van der Waals surface area contributed by atoms with Gasteiger partial charge in [0.1, 0.15) is 24.2 Å². The Morgan fingerprint density at radius 3 is 2.06 bits per heavy atom. The third kappa shape index (κ3) is 5.43. The van der Waals surface area contributed by atoms with Crippen LogP contribution in [0.5, 0.6) is 5.75 Å². The molecule has 0 saturated heterocycles. The number of nitrogens with one attached hydrogen (secondary N) is 1. The molecule has 3 aromatic carbocycles. The van der Waals surface area contributed by atoms with Crippen molar-refractivity contribution >= 4 is 12.4 Å². The fourth-order valence-electron chi connectivity index (χ4n) is 4.23. The molecule has 0 saturated carbocycles. The van der Waals surface area contributed by atoms with Gasteiger partial charge in [0.05, 0.1) is 6.04 Å². The maximum Gasteiger partial charge on any atom is 0.407 e. The highest BCUT2D eigenvalue weighted by molar-refractivity contribution is 5.79. The van der Waals surface area contributed by atoms with Crippen LogP contribution in [0, 0.1) is 0 Å². The number of carbonyl (C=O) groups is 2. The van der Waals surface area contributed by atoms with Gasteiger partial charge in [0, 0.05) is 5.92 Å². The lowest BCUT2D eigenvalue weighted by atomic mass is 9.98. The fourth-order valence-corrected chi connectivity index (χ4v) is 4.23. The SMILES string of the molecule is CC(C)(C)Oc1ccc(C[C@H](C=O)NC(=O)OCC2c3ccccc3-c3ccccc32)cc1. The molecule has 0 fully saturated rings. The Morgan fingerprint density at radius 1 is 0.939 bits per heavy atom. The quantitative estimate of drug-likeness (QED) is 0.489. The maximum absolute atomic E-state index is 12.5. The van der Waals surface area contributed by atoms with Crippen molar-refractivity contribution < 1.29 is 19.1 Å². The van der Waals surface area contributed by atoms with Crippen LogP contribution in [0.3, 0.4) is 0 Å². The van der Waals surface area contributed by atoms with Crippen LogP contribution >= 0.6 is 0 Å². The van der Waals surface area contributed by atoms with Gasteiger partial charge >= 0.3 is 6.09 Å². The summed E-state index contributed by atoms with van der Waals surface area (Å²) in [6.07, 6.45) is 0.520. The number of amides is 1. The molecule has 5 heteroatoms. The topological polar surface area (TPSA) is 64.6 Å². The van der Waals surface area contributed by atoms with E-state index < -0.39 is 12.1 Å². The van der Waals surface area contributed by atoms with Crippen LogP contribution in [0.2, 0.25) is 0 Å². The molecule has 33 heavy (non-hydrogen) atoms. The molecule has 1 aliphatic carbocycles. The Kier molecular flexibility index (Phi) is 6.50. The number of alkyl carbamates (subject to hydrolysis) is 1. The van der Waals surface area contributed by atoms with Crippen LogP contribution in [0.4, 0.5) is 4.79 Å². The average molecular weight is 444 g/mol. The Morgan fingerprint density at radius 2 is 1.52 bits per heavy atom. The molecular weight excluding hydrogens is 414 g/mol. The summed E-state index contributed by atoms with van der Waals surface area (Å²) >= 11 is 0. The van der Waals surface area contributed by atoms with Gasteiger partial charge < -0.3 is 19.6 Å². The maximum atomic E-state index is 12.5. The zero-order valence-electron chi connectivity index (χ0n) is 19.2. The molecule has 0 spiro atoms. The molecule has 0 radical (unpaired) electrons. The molecule has 0 bridgehead atoms. The van der Waals surface area contributed by atoms with Crippen molar-refractivity contribution in [1.82, 2.24) is 5.32 Å². The van der Waals surface area contributed by atoms with Crippen LogP contribution in [0.15, 0.2) is 72.8 Å². The van der Waals surface area contributed by atoms with Crippen LogP contribution in [-0.4, -0.2) is 30.6 Å². The number of rotatable bonds is 7. The number of hydrogen-bond donors (Lipinski definition) is 1. The molecule has 1 aliphatic rings. The first-order valence-electron chi connectivity index (χ1n) is 11.2. The standard InChI is InChI=1S/C28H29NO4/c1-28(2,3)33-21-14-12-19(13-15-21)16-20(17-30)29-27(31)32-18-26-24-10-6-4-8-22(24)23-9-5-7-11-25(23)26/h4-15,17,20,26H,16,18H2,1-3H3,(H,29,31)/t20-/m1/s1. The van der Waals surface area contributed by atoms with E-state index in [0.717, 1.165) is 28.7 Å². The summed E-state index contributed by atoms with van der Waals surface area (Å²) in [6, 6.07) is 23.2. The van der Waals surface area contributed by atoms with E-state index in [2.05, 4.69) is 29.6 Å². The van der Waals surface area contributed by atoms with E-state index in [0.29, 0.717) is 6.42 Å². The number of aldehydes is 1. The van der Waals surface area contributed by atoms with E-state index in [4.69, 9.17) is 9.47 Å². The lowest BCUT2D eigenvalue weighted by Crippen LogP contribution is -2.38. The van der Waals surface area contributed by atoms with E-state index in [-0.39, 0.29) is 18.1 Å². The first-order chi connectivity index (χ1) is 15.8. The van der Waals surface area contributed by atoms with Crippen molar-refractivity contribution in [1.29, 1.82) is 0 Å². The molecule has 1 N–H and O–H groups in total. The second-order valence-electron chi connectivity index (χ2n) is 9.27. The molecule has 1 atom stereocenters. The third-order valence-electron chi connectivity index (χ3n) is 5.61. The number of hydrogen-bond acceptors (Lipinski definition) is 4. The van der Waals surface area contributed by atoms with Gasteiger partial charge in [-0.1, -0.05) is 60.7 Å². The second-order valence-corrected chi connectivity index (χ2v) is 9.27. The highest BCUT2D eigenvalue weighted by Gasteiger charge is 2.29. The predicted octanol–water partition coefficient (Wildman–Crippen LogP) is 5.51. The van der Waals surface area contributed by atoms with E-state index in [1.54, 1.807) is 0 Å². The van der Waals surface area contributed by atoms with Gasteiger partial charge in [-0.05, 0) is 67.1 Å². The Balaban J connectivity index is 1.35. The van der Waals surface area contributed by atoms with Crippen molar-refractivity contribution in [2.24, 2.45) is 0 Å². The monoisotopic (exact) mass is 443 g/mol. The largest absolute Gasteiger partial charge is 0.488 e. The number of carbonyl (C=O) groups excluding carboxylic acids is 2. The van der Waals surface area contributed by atoms with Crippen molar-refractivity contribution in [3.05, 3.63) is 89.5 Å². The minimum atomic E-state index is -0.671. The van der Waals surface area contributed by atoms with Crippen LogP contribution < -0.4 is 10.1 Å². The normalized spacial score (nSPS) is 13.5. The number of ether oxygens (including phenoxy) is 2. The molecule has 0 aromatic heterocycles. The molecule has 3 aromatic rings. The number of benzene rings is 3. The van der Waals surface area contributed by atoms with Crippen LogP contribution in [-0.2, 0) is 16.0 Å². The zero-order valence-corrected chi connectivity index (χ0v) is 19.2. The van der Waals surface area contributed by atoms with Crippen molar-refractivity contribution in [3.8, 4) is 16.9 Å². The Bertz CT molecular complexity index is 1090. The summed E-state index contributed by atoms with van der Waals surface area (Å²) in [6.45, 7) is 6.18. The zero-order chi connectivity index (χ0) is 23.4. The lowest BCUT2D eigenvalue weighted by Gasteiger charge is -2.21. The van der Waals surface area contributed by atoms with Gasteiger partial charge in [-0.2, -0.15) is 0 Å². The fraction of sp³-hybridized carbons (Fsp3) is 0.286. The first-order valence-corrected chi connectivity index (χ1v) is 11.2. The van der Waals surface area contributed by atoms with Crippen LogP contribution in [0.1, 0.15) is 43.4 Å². The molecular formula is C28H29NO4. The highest BCUT2D eigenvalue weighted by Crippen LogP contribution is 2.44. The molecule has 0 unspecified atom stereocenters. The van der Waals surface area contributed by atoms with Crippen molar-refractivity contribution in [2.75, 3.05) is 6.61 Å². The molecule has 1 amide bonds. The third-order valence-corrected chi connectivity index (χ3v) is 5.61. The molecule has 170 valence electrons. The van der Waals surface area contributed by atoms with Gasteiger partial charge in [0.25, 0.3) is 0 Å². The van der Waals surface area contributed by atoms with Crippen molar-refractivity contribution in [2.45, 2.75) is 44.8 Å². The summed E-state index contributed by atoms with van der Waals surface area (Å²) < 4.78 is 11.4. The van der Waals surface area contributed by atoms with E-state index in [1.807, 2.05) is 69.3 Å². The van der Waals surface area contributed by atoms with Crippen molar-refractivity contribution in [3.63, 3.8) is 0 Å². The lowest BCUT2D eigenvalue weighted by molar-refractivity contribution is -0.109. The smallest absolute Gasteiger partial charge is 0.407 e. The second kappa shape index (κ2) is 9.49. The molecule has 4 rings (SSSR count). The van der Waals surface area contributed by atoms with E-state index >= 15 is 0 Å². The first kappa shape index (κ1) is 22.6. The van der Waals surface area contributed by atoms with Gasteiger partial charge in [0.2, 0.25) is 0 Å². The summed E-state index contributed by atoms with van der Waals surface area (Å²) in [5.74, 6) is 0.742. The van der Waals surface area contributed by atoms with Gasteiger partial charge in [-0.15, -0.1) is 0 Å². The molecule has 0 aliphatic heterocycles. The van der Waals surface area contributed by atoms with Crippen LogP contribution in [0.25, 0.3) is 11.1 Å². The molecule has 0 heterocycles. The van der Waals surface area contributed by atoms with E-state index in [1.165, 1.54) is 11.1 Å². The van der Waals surface area contributed by atoms with Gasteiger partial charge in [0.15, 0.2) is 0 Å². The van der Waals surface area contributed by atoms with E-state index in [9.17, 15) is 9.59 Å². The predicted molar refractivity (Wildman–Crippen MR) is 129 cm³/mol. The summed E-state index contributed by atoms with van der Waals surface area (Å²) in [5, 5.41) is 2.68. The minimum Gasteiger partial charge on any atom is -0.488 e. The molecule has 5 nitrogen and oxygen atoms in total. The minimum absolute atomic E-state index is 0.0202. The summed E-state index contributed by atoms with van der Waals surface area (Å²) in [7, 11) is 0. The summed E-state index contributed by atoms with van der Waals surface area (Å²) in [4.78, 5) is 24.1. The van der Waals surface area contributed by atoms with Gasteiger partial charge in [-0.3, -0.25) is 0 Å². The number of fused-ring (bicyclic) bond motifs is 3. The summed E-state index contributed by atoms with van der Waals surface area (Å²) in [5.41, 5.74) is 5.29.